The van der Waals surface area contributed by atoms with E-state index in [0.717, 1.165) is 44.4 Å². The van der Waals surface area contributed by atoms with Crippen molar-refractivity contribution in [2.45, 2.75) is 19.3 Å². The molecule has 0 aromatic rings. The summed E-state index contributed by atoms with van der Waals surface area (Å²) < 4.78 is 0. The maximum Gasteiger partial charge on any atom is 0.0753 e. The summed E-state index contributed by atoms with van der Waals surface area (Å²) in [6, 6.07) is 0. The summed E-state index contributed by atoms with van der Waals surface area (Å²) in [5, 5.41) is 13.2. The fourth-order valence-corrected chi connectivity index (χ4v) is 0.830. The molecule has 0 unspecified atom stereocenters. The Kier molecular flexibility index (Phi) is 9.70. The van der Waals surface area contributed by atoms with Crippen molar-refractivity contribution in [3.8, 4) is 0 Å². The lowest BCUT2D eigenvalue weighted by molar-refractivity contribution is -0.589. The predicted octanol–water partition coefficient (Wildman–Crippen LogP) is -1.23. The van der Waals surface area contributed by atoms with Gasteiger partial charge in [0.15, 0.2) is 0 Å². The van der Waals surface area contributed by atoms with Gasteiger partial charge >= 0.3 is 0 Å². The Morgan fingerprint density at radius 2 is 1.91 bits per heavy atom. The molecule has 0 saturated heterocycles. The van der Waals surface area contributed by atoms with E-state index in [4.69, 9.17) is 5.73 Å². The molecule has 0 heterocycles. The fourth-order valence-electron chi connectivity index (χ4n) is 0.830. The third kappa shape index (κ3) is 9.84. The highest BCUT2D eigenvalue weighted by Crippen LogP contribution is 1.81. The topological polar surface area (TPSA) is 77.7 Å². The molecule has 0 amide bonds. The van der Waals surface area contributed by atoms with E-state index in [1.54, 1.807) is 0 Å². The molecule has 4 nitrogen and oxygen atoms in total. The first-order valence-electron chi connectivity index (χ1n) is 4.26. The van der Waals surface area contributed by atoms with Crippen molar-refractivity contribution >= 4 is 0 Å². The van der Waals surface area contributed by atoms with Gasteiger partial charge in [-0.1, -0.05) is 0 Å². The van der Waals surface area contributed by atoms with Crippen LogP contribution in [-0.4, -0.2) is 26.2 Å². The van der Waals surface area contributed by atoms with Crippen LogP contribution in [0.2, 0.25) is 0 Å². The molecule has 0 aliphatic carbocycles. The number of hydrogen-bond donors (Lipinski definition) is 3. The van der Waals surface area contributed by atoms with Crippen LogP contribution in [0.1, 0.15) is 19.3 Å². The minimum Gasteiger partial charge on any atom is -0.636 e. The molecule has 0 atom stereocenters. The van der Waals surface area contributed by atoms with E-state index in [2.05, 4.69) is 5.32 Å². The maximum atomic E-state index is 9.90. The largest absolute Gasteiger partial charge is 0.636 e. The second kappa shape index (κ2) is 9.84. The Bertz CT molecular complexity index is 62.7. The predicted molar refractivity (Wildman–Crippen MR) is 45.9 cm³/mol. The van der Waals surface area contributed by atoms with E-state index >= 15 is 0 Å². The Morgan fingerprint density at radius 3 is 2.55 bits per heavy atom. The van der Waals surface area contributed by atoms with E-state index < -0.39 is 0 Å². The Morgan fingerprint density at radius 1 is 1.18 bits per heavy atom. The lowest BCUT2D eigenvalue weighted by atomic mass is 10.3. The molecule has 4 heteroatoms. The van der Waals surface area contributed by atoms with Gasteiger partial charge in [-0.25, -0.2) is 0 Å². The van der Waals surface area contributed by atoms with Gasteiger partial charge in [-0.15, -0.1) is 0 Å². The van der Waals surface area contributed by atoms with Gasteiger partial charge in [0.1, 0.15) is 0 Å². The average Bonchev–Trinajstić information content (AvgIpc) is 2.03. The van der Waals surface area contributed by atoms with E-state index in [1.807, 2.05) is 0 Å². The molecule has 0 radical (unpaired) electrons. The monoisotopic (exact) mass is 161 g/mol. The summed E-state index contributed by atoms with van der Waals surface area (Å²) in [7, 11) is 0. The van der Waals surface area contributed by atoms with Gasteiger partial charge in [0.25, 0.3) is 0 Å². The number of rotatable bonds is 8. The van der Waals surface area contributed by atoms with E-state index in [1.165, 1.54) is 0 Å². The number of hydrogen-bond acceptors (Lipinski definition) is 3. The van der Waals surface area contributed by atoms with E-state index in [9.17, 15) is 5.21 Å². The van der Waals surface area contributed by atoms with Crippen LogP contribution >= 0.6 is 0 Å². The van der Waals surface area contributed by atoms with Gasteiger partial charge in [-0.3, -0.25) is 0 Å². The number of nitrogens with one attached hydrogen (secondary N) is 1. The van der Waals surface area contributed by atoms with Crippen molar-refractivity contribution in [2.24, 2.45) is 5.73 Å². The lowest BCUT2D eigenvalue weighted by Gasteiger charge is -2.03. The minimum atomic E-state index is 0.693. The molecule has 0 rings (SSSR count). The van der Waals surface area contributed by atoms with E-state index in [0.29, 0.717) is 6.54 Å². The first kappa shape index (κ1) is 10.8. The Labute approximate surface area is 68.1 Å². The maximum absolute atomic E-state index is 9.90. The zero-order valence-corrected chi connectivity index (χ0v) is 7.01. The zero-order chi connectivity index (χ0) is 8.36. The summed E-state index contributed by atoms with van der Waals surface area (Å²) in [6.07, 6.45) is 3.12. The van der Waals surface area contributed by atoms with Gasteiger partial charge < -0.3 is 21.7 Å². The third-order valence-electron chi connectivity index (χ3n) is 1.48. The molecule has 0 aliphatic heterocycles. The van der Waals surface area contributed by atoms with Crippen molar-refractivity contribution < 1.29 is 5.48 Å². The molecule has 5 N–H and O–H groups in total. The number of unbranched alkanes of at least 4 members (excludes halogenated alkanes) is 1. The highest BCUT2D eigenvalue weighted by atomic mass is 16.5. The second-order valence-electron chi connectivity index (χ2n) is 2.55. The highest BCUT2D eigenvalue weighted by Gasteiger charge is 1.87. The first-order valence-corrected chi connectivity index (χ1v) is 4.26. The summed E-state index contributed by atoms with van der Waals surface area (Å²) in [5.41, 5.74) is 6.28. The van der Waals surface area contributed by atoms with Crippen molar-refractivity contribution in [1.29, 1.82) is 0 Å². The molecule has 0 fully saturated rings. The molecule has 0 aliphatic rings. The van der Waals surface area contributed by atoms with Gasteiger partial charge in [0.2, 0.25) is 0 Å². The highest BCUT2D eigenvalue weighted by molar-refractivity contribution is 4.48. The van der Waals surface area contributed by atoms with Crippen molar-refractivity contribution in [2.75, 3.05) is 26.2 Å². The molecular weight excluding hydrogens is 142 g/mol. The SMILES string of the molecule is NCCCNCCCC[NH2+][O-]. The van der Waals surface area contributed by atoms with Gasteiger partial charge in [0.05, 0.1) is 6.54 Å². The van der Waals surface area contributed by atoms with Crippen LogP contribution in [0.3, 0.4) is 0 Å². The molecule has 11 heavy (non-hydrogen) atoms. The van der Waals surface area contributed by atoms with E-state index in [-0.39, 0.29) is 0 Å². The van der Waals surface area contributed by atoms with Crippen LogP contribution in [0.4, 0.5) is 0 Å². The lowest BCUT2D eigenvalue weighted by Crippen LogP contribution is -2.77. The van der Waals surface area contributed by atoms with Crippen molar-refractivity contribution in [3.05, 3.63) is 5.21 Å². The minimum absolute atomic E-state index is 0.693. The molecule has 0 bridgehead atoms. The summed E-state index contributed by atoms with van der Waals surface area (Å²) in [6.45, 7) is 3.45. The summed E-state index contributed by atoms with van der Waals surface area (Å²) >= 11 is 0. The van der Waals surface area contributed by atoms with Crippen molar-refractivity contribution in [1.82, 2.24) is 5.32 Å². The van der Waals surface area contributed by atoms with Gasteiger partial charge in [-0.05, 0) is 38.9 Å². The summed E-state index contributed by atoms with van der Waals surface area (Å²) in [4.78, 5) is 0. The quantitative estimate of drug-likeness (QED) is 0.308. The molecule has 0 aromatic heterocycles. The fraction of sp³-hybridized carbons (Fsp3) is 1.00. The zero-order valence-electron chi connectivity index (χ0n) is 7.01. The Balaban J connectivity index is 2.69. The Hall–Kier alpha value is -0.160. The van der Waals surface area contributed by atoms with Gasteiger partial charge in [-0.2, -0.15) is 0 Å². The molecular formula is C7H19N3O. The molecule has 0 saturated carbocycles. The second-order valence-corrected chi connectivity index (χ2v) is 2.55. The number of hydroxylamine groups is 1. The molecule has 0 spiro atoms. The van der Waals surface area contributed by atoms with Crippen LogP contribution < -0.4 is 16.5 Å². The van der Waals surface area contributed by atoms with Crippen molar-refractivity contribution in [3.63, 3.8) is 0 Å². The number of quaternary nitrogens is 1. The average molecular weight is 161 g/mol. The molecule has 0 aromatic carbocycles. The normalized spacial score (nSPS) is 10.4. The van der Waals surface area contributed by atoms with Crippen LogP contribution in [-0.2, 0) is 0 Å². The van der Waals surface area contributed by atoms with Crippen LogP contribution in [0.5, 0.6) is 0 Å². The van der Waals surface area contributed by atoms with Crippen LogP contribution in [0, 0.1) is 5.21 Å². The van der Waals surface area contributed by atoms with Crippen LogP contribution in [0.25, 0.3) is 0 Å². The standard InChI is InChI=1S/C7H19N3O/c8-4-3-6-9-5-1-2-7-10-11/h9H,1-8,10H2. The van der Waals surface area contributed by atoms with Crippen LogP contribution in [0.15, 0.2) is 0 Å². The van der Waals surface area contributed by atoms with Gasteiger partial charge in [0, 0.05) is 0 Å². The third-order valence-corrected chi connectivity index (χ3v) is 1.48. The smallest absolute Gasteiger partial charge is 0.0753 e. The molecule has 68 valence electrons. The summed E-state index contributed by atoms with van der Waals surface area (Å²) in [5.74, 6) is 0. The first-order chi connectivity index (χ1) is 5.41. The number of nitrogens with two attached hydrogens (primary N) is 2.